The van der Waals surface area contributed by atoms with E-state index in [1.54, 1.807) is 16.7 Å². The number of ether oxygens (including phenoxy) is 1. The number of nitrogens with zero attached hydrogens (tertiary/aromatic N) is 3. The monoisotopic (exact) mass is 377 g/mol. The number of amides is 1. The van der Waals surface area contributed by atoms with Crippen LogP contribution in [0.25, 0.3) is 11.3 Å². The van der Waals surface area contributed by atoms with Crippen molar-refractivity contribution >= 4 is 5.91 Å². The minimum atomic E-state index is -0.654. The molecule has 6 heteroatoms. The molecule has 3 aromatic rings. The Morgan fingerprint density at radius 3 is 2.71 bits per heavy atom. The Bertz CT molecular complexity index is 968. The van der Waals surface area contributed by atoms with Gasteiger partial charge in [-0.25, -0.2) is 0 Å². The molecule has 4 rings (SSSR count). The second-order valence-electron chi connectivity index (χ2n) is 6.97. The SMILES string of the molecule is COc1cccc(CCN2C[C@H](O)Cn3nc(-c4ccccc4)cc3C2=O)c1. The summed E-state index contributed by atoms with van der Waals surface area (Å²) in [6, 6.07) is 19.4. The molecule has 1 amide bonds. The summed E-state index contributed by atoms with van der Waals surface area (Å²) in [4.78, 5) is 14.8. The number of carbonyl (C=O) groups excluding carboxylic acids is 1. The van der Waals surface area contributed by atoms with Crippen molar-refractivity contribution in [1.29, 1.82) is 0 Å². The molecule has 1 aliphatic heterocycles. The minimum Gasteiger partial charge on any atom is -0.497 e. The summed E-state index contributed by atoms with van der Waals surface area (Å²) in [6.07, 6.45) is 0.0361. The van der Waals surface area contributed by atoms with Gasteiger partial charge in [0.2, 0.25) is 0 Å². The summed E-state index contributed by atoms with van der Waals surface area (Å²) in [5, 5.41) is 15.0. The molecule has 0 spiro atoms. The van der Waals surface area contributed by atoms with Crippen molar-refractivity contribution in [3.63, 3.8) is 0 Å². The molecule has 2 heterocycles. The van der Waals surface area contributed by atoms with E-state index in [1.807, 2.05) is 60.7 Å². The average Bonchev–Trinajstić information content (AvgIpc) is 3.10. The number of carbonyl (C=O) groups is 1. The van der Waals surface area contributed by atoms with Gasteiger partial charge in [-0.05, 0) is 30.2 Å². The van der Waals surface area contributed by atoms with Crippen LogP contribution in [0.1, 0.15) is 16.1 Å². The lowest BCUT2D eigenvalue weighted by Crippen LogP contribution is -2.37. The third-order valence-corrected chi connectivity index (χ3v) is 4.98. The number of β-amino-alcohol motifs (C(OH)–C–C–N with tert-alkyl or cyclic N) is 1. The predicted molar refractivity (Wildman–Crippen MR) is 106 cm³/mol. The van der Waals surface area contributed by atoms with Crippen LogP contribution in [0.2, 0.25) is 0 Å². The molecule has 0 fully saturated rings. The Hall–Kier alpha value is -3.12. The van der Waals surface area contributed by atoms with Gasteiger partial charge in [-0.3, -0.25) is 9.48 Å². The van der Waals surface area contributed by atoms with E-state index in [4.69, 9.17) is 4.74 Å². The Morgan fingerprint density at radius 1 is 1.11 bits per heavy atom. The first kappa shape index (κ1) is 18.3. The van der Waals surface area contributed by atoms with Gasteiger partial charge in [-0.15, -0.1) is 0 Å². The van der Waals surface area contributed by atoms with E-state index in [1.165, 1.54) is 0 Å². The number of methoxy groups -OCH3 is 1. The number of aromatic nitrogens is 2. The van der Waals surface area contributed by atoms with Crippen LogP contribution in [-0.2, 0) is 13.0 Å². The molecule has 6 nitrogen and oxygen atoms in total. The average molecular weight is 377 g/mol. The lowest BCUT2D eigenvalue weighted by atomic mass is 10.1. The Morgan fingerprint density at radius 2 is 1.93 bits per heavy atom. The van der Waals surface area contributed by atoms with Gasteiger partial charge in [0.05, 0.1) is 25.5 Å². The molecule has 1 aliphatic rings. The first-order chi connectivity index (χ1) is 13.6. The van der Waals surface area contributed by atoms with E-state index >= 15 is 0 Å². The van der Waals surface area contributed by atoms with Crippen LogP contribution in [0.5, 0.6) is 5.75 Å². The minimum absolute atomic E-state index is 0.103. The first-order valence-corrected chi connectivity index (χ1v) is 9.37. The zero-order valence-corrected chi connectivity index (χ0v) is 15.8. The smallest absolute Gasteiger partial charge is 0.272 e. The maximum atomic E-state index is 13.1. The fourth-order valence-corrected chi connectivity index (χ4v) is 3.52. The molecule has 1 aromatic heterocycles. The van der Waals surface area contributed by atoms with Crippen LogP contribution in [-0.4, -0.2) is 52.0 Å². The van der Waals surface area contributed by atoms with Crippen molar-refractivity contribution in [3.05, 3.63) is 71.9 Å². The molecular formula is C22H23N3O3. The van der Waals surface area contributed by atoms with E-state index in [2.05, 4.69) is 5.10 Å². The summed E-state index contributed by atoms with van der Waals surface area (Å²) >= 11 is 0. The second-order valence-corrected chi connectivity index (χ2v) is 6.97. The largest absolute Gasteiger partial charge is 0.497 e. The number of aliphatic hydroxyl groups excluding tert-OH is 1. The highest BCUT2D eigenvalue weighted by Crippen LogP contribution is 2.22. The number of fused-ring (bicyclic) bond motifs is 1. The summed E-state index contributed by atoms with van der Waals surface area (Å²) in [6.45, 7) is 1.13. The van der Waals surface area contributed by atoms with Gasteiger partial charge in [0.25, 0.3) is 5.91 Å². The lowest BCUT2D eigenvalue weighted by Gasteiger charge is -2.22. The lowest BCUT2D eigenvalue weighted by molar-refractivity contribution is 0.0649. The van der Waals surface area contributed by atoms with Gasteiger partial charge in [0.15, 0.2) is 0 Å². The van der Waals surface area contributed by atoms with Crippen LogP contribution < -0.4 is 4.74 Å². The van der Waals surface area contributed by atoms with Gasteiger partial charge >= 0.3 is 0 Å². The van der Waals surface area contributed by atoms with Crippen LogP contribution >= 0.6 is 0 Å². The molecular weight excluding hydrogens is 354 g/mol. The van der Waals surface area contributed by atoms with Gasteiger partial charge in [0, 0.05) is 18.7 Å². The van der Waals surface area contributed by atoms with Crippen molar-refractivity contribution in [2.24, 2.45) is 0 Å². The molecule has 1 N–H and O–H groups in total. The standard InChI is InChI=1S/C22H23N3O3/c1-28-19-9-5-6-16(12-19)10-11-24-14-18(26)15-25-21(22(24)27)13-20(23-25)17-7-3-2-4-8-17/h2-9,12-13,18,26H,10-11,14-15H2,1H3/t18-/m0/s1. The summed E-state index contributed by atoms with van der Waals surface area (Å²) in [5.74, 6) is 0.694. The summed E-state index contributed by atoms with van der Waals surface area (Å²) in [7, 11) is 1.64. The highest BCUT2D eigenvalue weighted by Gasteiger charge is 2.28. The molecule has 1 atom stereocenters. The van der Waals surface area contributed by atoms with E-state index in [-0.39, 0.29) is 5.91 Å². The van der Waals surface area contributed by atoms with Crippen molar-refractivity contribution in [2.75, 3.05) is 20.2 Å². The fourth-order valence-electron chi connectivity index (χ4n) is 3.52. The van der Waals surface area contributed by atoms with Crippen LogP contribution in [0.3, 0.4) is 0 Å². The zero-order valence-electron chi connectivity index (χ0n) is 15.8. The first-order valence-electron chi connectivity index (χ1n) is 9.37. The van der Waals surface area contributed by atoms with Crippen LogP contribution in [0.4, 0.5) is 0 Å². The van der Waals surface area contributed by atoms with Gasteiger partial charge < -0.3 is 14.7 Å². The molecule has 144 valence electrons. The molecule has 2 aromatic carbocycles. The fraction of sp³-hybridized carbons (Fsp3) is 0.273. The molecule has 0 radical (unpaired) electrons. The van der Waals surface area contributed by atoms with E-state index in [0.717, 1.165) is 22.6 Å². The Balaban J connectivity index is 1.55. The van der Waals surface area contributed by atoms with Crippen molar-refractivity contribution in [1.82, 2.24) is 14.7 Å². The van der Waals surface area contributed by atoms with E-state index in [9.17, 15) is 9.90 Å². The predicted octanol–water partition coefficient (Wildman–Crippen LogP) is 2.62. The van der Waals surface area contributed by atoms with E-state index in [0.29, 0.717) is 31.7 Å². The normalized spacial score (nSPS) is 16.6. The topological polar surface area (TPSA) is 67.6 Å². The van der Waals surface area contributed by atoms with Crippen molar-refractivity contribution < 1.29 is 14.6 Å². The molecule has 0 unspecified atom stereocenters. The number of aliphatic hydroxyl groups is 1. The Kier molecular flexibility index (Phi) is 5.12. The van der Waals surface area contributed by atoms with Crippen LogP contribution in [0, 0.1) is 0 Å². The van der Waals surface area contributed by atoms with Crippen LogP contribution in [0.15, 0.2) is 60.7 Å². The van der Waals surface area contributed by atoms with Gasteiger partial charge in [-0.2, -0.15) is 5.10 Å². The summed E-state index contributed by atoms with van der Waals surface area (Å²) in [5.41, 5.74) is 3.30. The third-order valence-electron chi connectivity index (χ3n) is 4.98. The van der Waals surface area contributed by atoms with Gasteiger partial charge in [-0.1, -0.05) is 42.5 Å². The highest BCUT2D eigenvalue weighted by atomic mass is 16.5. The van der Waals surface area contributed by atoms with Gasteiger partial charge in [0.1, 0.15) is 11.4 Å². The summed E-state index contributed by atoms with van der Waals surface area (Å²) < 4.78 is 6.89. The van der Waals surface area contributed by atoms with Crippen molar-refractivity contribution in [2.45, 2.75) is 19.1 Å². The molecule has 0 bridgehead atoms. The third kappa shape index (κ3) is 3.77. The zero-order chi connectivity index (χ0) is 19.5. The molecule has 0 saturated carbocycles. The molecule has 0 saturated heterocycles. The number of rotatable bonds is 5. The van der Waals surface area contributed by atoms with E-state index < -0.39 is 6.10 Å². The number of benzene rings is 2. The highest BCUT2D eigenvalue weighted by molar-refractivity contribution is 5.94. The second kappa shape index (κ2) is 7.86. The maximum absolute atomic E-state index is 13.1. The quantitative estimate of drug-likeness (QED) is 0.742. The molecule has 28 heavy (non-hydrogen) atoms. The number of hydrogen-bond acceptors (Lipinski definition) is 4. The Labute approximate surface area is 164 Å². The number of hydrogen-bond donors (Lipinski definition) is 1. The maximum Gasteiger partial charge on any atom is 0.272 e. The molecule has 0 aliphatic carbocycles. The van der Waals surface area contributed by atoms with Crippen molar-refractivity contribution in [3.8, 4) is 17.0 Å².